The fraction of sp³-hybridized carbons (Fsp3) is 0.353. The van der Waals surface area contributed by atoms with E-state index < -0.39 is 17.7 Å². The summed E-state index contributed by atoms with van der Waals surface area (Å²) in [6, 6.07) is 6.77. The van der Waals surface area contributed by atoms with Crippen molar-refractivity contribution in [1.82, 2.24) is 4.98 Å². The van der Waals surface area contributed by atoms with Gasteiger partial charge in [0, 0.05) is 22.8 Å². The Morgan fingerprint density at radius 2 is 1.88 bits per heavy atom. The third-order valence-corrected chi connectivity index (χ3v) is 4.41. The van der Waals surface area contributed by atoms with Gasteiger partial charge in [-0.1, -0.05) is 18.5 Å². The van der Waals surface area contributed by atoms with E-state index in [9.17, 15) is 18.3 Å². The van der Waals surface area contributed by atoms with Gasteiger partial charge in [0.15, 0.2) is 5.60 Å². The van der Waals surface area contributed by atoms with Crippen molar-refractivity contribution in [3.05, 3.63) is 58.4 Å². The van der Waals surface area contributed by atoms with Crippen LogP contribution in [0.1, 0.15) is 29.7 Å². The second kappa shape index (κ2) is 6.61. The maximum absolute atomic E-state index is 13.8. The molecule has 0 bridgehead atoms. The summed E-state index contributed by atoms with van der Waals surface area (Å²) in [4.78, 5) is 3.89. The van der Waals surface area contributed by atoms with Crippen LogP contribution in [-0.2, 0) is 5.60 Å². The number of methoxy groups -OCH3 is 1. The molecule has 0 saturated heterocycles. The van der Waals surface area contributed by atoms with E-state index in [1.54, 1.807) is 13.0 Å². The van der Waals surface area contributed by atoms with Crippen molar-refractivity contribution in [2.45, 2.75) is 31.5 Å². The largest absolute Gasteiger partial charge is 0.497 e. The number of halogens is 4. The van der Waals surface area contributed by atoms with E-state index in [2.05, 4.69) is 4.98 Å². The quantitative estimate of drug-likeness (QED) is 0.867. The first-order valence-corrected chi connectivity index (χ1v) is 7.54. The number of aliphatic hydroxyl groups is 1. The van der Waals surface area contributed by atoms with Crippen molar-refractivity contribution in [2.75, 3.05) is 7.11 Å². The van der Waals surface area contributed by atoms with Gasteiger partial charge >= 0.3 is 6.18 Å². The zero-order valence-electron chi connectivity index (χ0n) is 13.4. The van der Waals surface area contributed by atoms with Gasteiger partial charge in [-0.25, -0.2) is 0 Å². The minimum atomic E-state index is -4.91. The molecular formula is C17H17ClF3NO2. The molecule has 0 aliphatic heterocycles. The SMILES string of the molecule is COc1ccc(Cl)c(C(C)C(O)(c2ccnc(C)c2)C(F)(F)F)c1. The highest BCUT2D eigenvalue weighted by molar-refractivity contribution is 6.31. The topological polar surface area (TPSA) is 42.4 Å². The lowest BCUT2D eigenvalue weighted by Gasteiger charge is -2.37. The molecule has 0 fully saturated rings. The van der Waals surface area contributed by atoms with Gasteiger partial charge < -0.3 is 9.84 Å². The lowest BCUT2D eigenvalue weighted by atomic mass is 9.77. The van der Waals surface area contributed by atoms with Gasteiger partial charge in [-0.3, -0.25) is 4.98 Å². The fourth-order valence-electron chi connectivity index (χ4n) is 2.65. The summed E-state index contributed by atoms with van der Waals surface area (Å²) in [6.07, 6.45) is -3.67. The summed E-state index contributed by atoms with van der Waals surface area (Å²) in [5.74, 6) is -1.00. The first-order valence-electron chi connectivity index (χ1n) is 7.17. The Labute approximate surface area is 143 Å². The number of rotatable bonds is 4. The van der Waals surface area contributed by atoms with E-state index in [0.717, 1.165) is 6.07 Å². The van der Waals surface area contributed by atoms with Crippen LogP contribution in [0, 0.1) is 6.92 Å². The van der Waals surface area contributed by atoms with Crippen LogP contribution in [0.15, 0.2) is 36.5 Å². The summed E-state index contributed by atoms with van der Waals surface area (Å²) < 4.78 is 46.5. The van der Waals surface area contributed by atoms with Crippen LogP contribution in [0.2, 0.25) is 5.02 Å². The Kier molecular flexibility index (Phi) is 5.11. The smallest absolute Gasteiger partial charge is 0.422 e. The molecule has 2 aromatic rings. The lowest BCUT2D eigenvalue weighted by Crippen LogP contribution is -2.46. The number of hydrogen-bond acceptors (Lipinski definition) is 3. The summed E-state index contributed by atoms with van der Waals surface area (Å²) >= 11 is 6.08. The van der Waals surface area contributed by atoms with E-state index in [1.807, 2.05) is 0 Å². The summed E-state index contributed by atoms with van der Waals surface area (Å²) in [5, 5.41) is 10.8. The van der Waals surface area contributed by atoms with Crippen LogP contribution in [0.25, 0.3) is 0 Å². The van der Waals surface area contributed by atoms with Crippen LogP contribution in [-0.4, -0.2) is 23.4 Å². The first kappa shape index (κ1) is 18.5. The van der Waals surface area contributed by atoms with E-state index in [4.69, 9.17) is 16.3 Å². The molecule has 0 aliphatic carbocycles. The average Bonchev–Trinajstić information content (AvgIpc) is 2.52. The van der Waals surface area contributed by atoms with Gasteiger partial charge in [-0.15, -0.1) is 0 Å². The van der Waals surface area contributed by atoms with E-state index >= 15 is 0 Å². The van der Waals surface area contributed by atoms with Crippen LogP contribution in [0.3, 0.4) is 0 Å². The first-order chi connectivity index (χ1) is 11.1. The third kappa shape index (κ3) is 3.21. The minimum absolute atomic E-state index is 0.122. The van der Waals surface area contributed by atoms with E-state index in [1.165, 1.54) is 38.4 Å². The number of aromatic nitrogens is 1. The van der Waals surface area contributed by atoms with Crippen LogP contribution < -0.4 is 4.74 Å². The molecule has 0 spiro atoms. The van der Waals surface area contributed by atoms with Crippen molar-refractivity contribution >= 4 is 11.6 Å². The number of nitrogens with zero attached hydrogens (tertiary/aromatic N) is 1. The number of alkyl halides is 3. The highest BCUT2D eigenvalue weighted by Crippen LogP contribution is 2.50. The highest BCUT2D eigenvalue weighted by atomic mass is 35.5. The van der Waals surface area contributed by atoms with Gasteiger partial charge in [0.05, 0.1) is 7.11 Å². The van der Waals surface area contributed by atoms with Crippen molar-refractivity contribution < 1.29 is 23.0 Å². The molecule has 1 N–H and O–H groups in total. The lowest BCUT2D eigenvalue weighted by molar-refractivity contribution is -0.274. The molecule has 0 saturated carbocycles. The minimum Gasteiger partial charge on any atom is -0.497 e. The molecule has 2 atom stereocenters. The maximum Gasteiger partial charge on any atom is 0.422 e. The molecule has 0 amide bonds. The molecule has 130 valence electrons. The molecule has 0 radical (unpaired) electrons. The van der Waals surface area contributed by atoms with Crippen molar-refractivity contribution in [2.24, 2.45) is 0 Å². The molecule has 1 heterocycles. The van der Waals surface area contributed by atoms with E-state index in [0.29, 0.717) is 11.4 Å². The van der Waals surface area contributed by atoms with Crippen LogP contribution in [0.5, 0.6) is 5.75 Å². The van der Waals surface area contributed by atoms with Gasteiger partial charge in [-0.2, -0.15) is 13.2 Å². The molecule has 7 heteroatoms. The average molecular weight is 360 g/mol. The summed E-state index contributed by atoms with van der Waals surface area (Å²) in [6.45, 7) is 2.84. The molecule has 24 heavy (non-hydrogen) atoms. The van der Waals surface area contributed by atoms with Crippen molar-refractivity contribution in [3.8, 4) is 5.75 Å². The Morgan fingerprint density at radius 3 is 2.42 bits per heavy atom. The Morgan fingerprint density at radius 1 is 1.21 bits per heavy atom. The zero-order chi connectivity index (χ0) is 18.1. The molecule has 1 aromatic carbocycles. The van der Waals surface area contributed by atoms with Crippen molar-refractivity contribution in [3.63, 3.8) is 0 Å². The van der Waals surface area contributed by atoms with Crippen LogP contribution in [0.4, 0.5) is 13.2 Å². The Bertz CT molecular complexity index is 736. The summed E-state index contributed by atoms with van der Waals surface area (Å²) in [7, 11) is 1.40. The third-order valence-electron chi connectivity index (χ3n) is 4.07. The number of aryl methyl sites for hydroxylation is 1. The number of hydrogen-bond donors (Lipinski definition) is 1. The molecular weight excluding hydrogens is 343 g/mol. The highest BCUT2D eigenvalue weighted by Gasteiger charge is 2.59. The second-order valence-corrected chi connectivity index (χ2v) is 5.97. The Hall–Kier alpha value is -1.79. The molecule has 3 nitrogen and oxygen atoms in total. The standard InChI is InChI=1S/C17H17ClF3NO2/c1-10-8-12(6-7-22-10)16(23,17(19,20)21)11(2)14-9-13(24-3)4-5-15(14)18/h4-9,11,23H,1-3H3. The Balaban J connectivity index is 2.65. The number of ether oxygens (including phenoxy) is 1. The summed E-state index contributed by atoms with van der Waals surface area (Å²) in [5.41, 5.74) is -2.88. The predicted octanol–water partition coefficient (Wildman–Crippen LogP) is 4.61. The zero-order valence-corrected chi connectivity index (χ0v) is 14.1. The van der Waals surface area contributed by atoms with Gasteiger partial charge in [0.2, 0.25) is 0 Å². The monoisotopic (exact) mass is 359 g/mol. The van der Waals surface area contributed by atoms with E-state index in [-0.39, 0.29) is 16.1 Å². The molecule has 2 unspecified atom stereocenters. The molecule has 1 aromatic heterocycles. The van der Waals surface area contributed by atoms with Crippen LogP contribution >= 0.6 is 11.6 Å². The molecule has 0 aliphatic rings. The van der Waals surface area contributed by atoms with Gasteiger partial charge in [0.25, 0.3) is 0 Å². The van der Waals surface area contributed by atoms with Gasteiger partial charge in [-0.05, 0) is 48.4 Å². The fourth-order valence-corrected chi connectivity index (χ4v) is 2.93. The molecule has 2 rings (SSSR count). The number of benzene rings is 1. The van der Waals surface area contributed by atoms with Crippen molar-refractivity contribution in [1.29, 1.82) is 0 Å². The second-order valence-electron chi connectivity index (χ2n) is 5.56. The maximum atomic E-state index is 13.8. The number of pyridine rings is 1. The normalized spacial score (nSPS) is 15.7. The predicted molar refractivity (Wildman–Crippen MR) is 85.3 cm³/mol. The van der Waals surface area contributed by atoms with Gasteiger partial charge in [0.1, 0.15) is 5.75 Å².